The molecule has 0 bridgehead atoms. The van der Waals surface area contributed by atoms with Gasteiger partial charge in [-0.3, -0.25) is 0 Å². The van der Waals surface area contributed by atoms with Gasteiger partial charge in [-0.1, -0.05) is 23.4 Å². The third-order valence-electron chi connectivity index (χ3n) is 2.94. The first-order valence-electron chi connectivity index (χ1n) is 5.83. The molecular formula is C14H11BrN2O2S. The smallest absolute Gasteiger partial charge is 0.230 e. The summed E-state index contributed by atoms with van der Waals surface area (Å²) >= 11 is 5.03. The van der Waals surface area contributed by atoms with E-state index in [1.54, 1.807) is 18.4 Å². The van der Waals surface area contributed by atoms with Crippen LogP contribution in [0.2, 0.25) is 0 Å². The van der Waals surface area contributed by atoms with E-state index in [0.29, 0.717) is 5.69 Å². The number of nitrogens with zero attached hydrogens (tertiary/aromatic N) is 1. The Hall–Kier alpha value is -1.79. The van der Waals surface area contributed by atoms with Crippen LogP contribution in [-0.4, -0.2) is 12.3 Å². The van der Waals surface area contributed by atoms with Crippen LogP contribution in [0.25, 0.3) is 22.4 Å². The molecule has 102 valence electrons. The lowest BCUT2D eigenvalue weighted by molar-refractivity contribution is 0.416. The summed E-state index contributed by atoms with van der Waals surface area (Å²) in [5.74, 6) is 1.02. The molecule has 0 aliphatic rings. The summed E-state index contributed by atoms with van der Waals surface area (Å²) in [7, 11) is 1.63. The molecule has 20 heavy (non-hydrogen) atoms. The molecule has 3 rings (SSSR count). The highest BCUT2D eigenvalue weighted by molar-refractivity contribution is 9.11. The van der Waals surface area contributed by atoms with Gasteiger partial charge in [0.05, 0.1) is 16.5 Å². The van der Waals surface area contributed by atoms with Gasteiger partial charge in [-0.05, 0) is 28.1 Å². The number of methoxy groups -OCH3 is 1. The van der Waals surface area contributed by atoms with Gasteiger partial charge in [0, 0.05) is 16.5 Å². The maximum absolute atomic E-state index is 5.95. The summed E-state index contributed by atoms with van der Waals surface area (Å²) in [6.07, 6.45) is 0. The van der Waals surface area contributed by atoms with E-state index in [9.17, 15) is 0 Å². The van der Waals surface area contributed by atoms with Crippen molar-refractivity contribution in [3.8, 4) is 28.1 Å². The average Bonchev–Trinajstić information content (AvgIpc) is 3.04. The zero-order valence-corrected chi connectivity index (χ0v) is 13.0. The lowest BCUT2D eigenvalue weighted by atomic mass is 10.0. The Morgan fingerprint density at radius 2 is 2.15 bits per heavy atom. The number of nitrogen functional groups attached to an aromatic ring is 1. The van der Waals surface area contributed by atoms with Crippen LogP contribution < -0.4 is 10.5 Å². The number of ether oxygens (including phenoxy) is 1. The zero-order chi connectivity index (χ0) is 14.1. The molecule has 0 saturated heterocycles. The second-order valence-corrected chi connectivity index (χ2v) is 6.40. The van der Waals surface area contributed by atoms with Crippen molar-refractivity contribution in [1.82, 2.24) is 5.16 Å². The van der Waals surface area contributed by atoms with E-state index in [0.717, 1.165) is 26.2 Å². The fourth-order valence-corrected chi connectivity index (χ4v) is 3.19. The Kier molecular flexibility index (Phi) is 3.50. The highest BCUT2D eigenvalue weighted by atomic mass is 79.9. The van der Waals surface area contributed by atoms with E-state index in [2.05, 4.69) is 21.1 Å². The number of hydrogen-bond donors (Lipinski definition) is 1. The third kappa shape index (κ3) is 2.21. The van der Waals surface area contributed by atoms with Crippen LogP contribution in [0.15, 0.2) is 44.0 Å². The molecule has 0 fully saturated rings. The van der Waals surface area contributed by atoms with Crippen LogP contribution >= 0.6 is 27.3 Å². The molecule has 0 saturated carbocycles. The van der Waals surface area contributed by atoms with Crippen LogP contribution in [0, 0.1) is 0 Å². The number of halogens is 1. The van der Waals surface area contributed by atoms with Gasteiger partial charge in [-0.25, -0.2) is 0 Å². The van der Waals surface area contributed by atoms with Crippen LogP contribution in [0.1, 0.15) is 0 Å². The predicted molar refractivity (Wildman–Crippen MR) is 83.9 cm³/mol. The molecule has 0 unspecified atom stereocenters. The molecule has 2 aromatic heterocycles. The van der Waals surface area contributed by atoms with Crippen molar-refractivity contribution >= 4 is 33.2 Å². The Morgan fingerprint density at radius 3 is 2.85 bits per heavy atom. The van der Waals surface area contributed by atoms with Crippen LogP contribution in [0.4, 0.5) is 5.88 Å². The molecule has 4 nitrogen and oxygen atoms in total. The number of hydrogen-bond acceptors (Lipinski definition) is 5. The minimum Gasteiger partial charge on any atom is -0.496 e. The van der Waals surface area contributed by atoms with Crippen molar-refractivity contribution in [2.75, 3.05) is 12.8 Å². The minimum absolute atomic E-state index is 0.284. The molecular weight excluding hydrogens is 340 g/mol. The molecule has 0 amide bonds. The van der Waals surface area contributed by atoms with Crippen molar-refractivity contribution < 1.29 is 9.26 Å². The Morgan fingerprint density at radius 1 is 1.35 bits per heavy atom. The first-order chi connectivity index (χ1) is 9.70. The fraction of sp³-hybridized carbons (Fsp3) is 0.0714. The molecule has 0 aliphatic heterocycles. The van der Waals surface area contributed by atoms with Gasteiger partial charge in [0.25, 0.3) is 0 Å². The van der Waals surface area contributed by atoms with Gasteiger partial charge in [-0.2, -0.15) is 0 Å². The number of rotatable bonds is 3. The highest BCUT2D eigenvalue weighted by Crippen LogP contribution is 2.42. The van der Waals surface area contributed by atoms with Gasteiger partial charge in [-0.15, -0.1) is 11.3 Å². The summed E-state index contributed by atoms with van der Waals surface area (Å²) in [6.45, 7) is 0. The number of thiophene rings is 1. The average molecular weight is 351 g/mol. The van der Waals surface area contributed by atoms with E-state index in [-0.39, 0.29) is 5.88 Å². The fourth-order valence-electron chi connectivity index (χ4n) is 2.05. The molecule has 2 N–H and O–H groups in total. The maximum Gasteiger partial charge on any atom is 0.230 e. The van der Waals surface area contributed by atoms with Crippen molar-refractivity contribution in [2.45, 2.75) is 0 Å². The number of nitrogens with two attached hydrogens (primary N) is 1. The quantitative estimate of drug-likeness (QED) is 0.759. The van der Waals surface area contributed by atoms with E-state index in [1.807, 2.05) is 35.7 Å². The molecule has 0 aliphatic carbocycles. The van der Waals surface area contributed by atoms with E-state index in [4.69, 9.17) is 15.0 Å². The molecule has 3 aromatic rings. The topological polar surface area (TPSA) is 61.3 Å². The molecule has 1 aromatic carbocycles. The van der Waals surface area contributed by atoms with Gasteiger partial charge >= 0.3 is 0 Å². The predicted octanol–water partition coefficient (Wildman–Crippen LogP) is 4.42. The maximum atomic E-state index is 5.95. The second kappa shape index (κ2) is 5.30. The van der Waals surface area contributed by atoms with Crippen LogP contribution in [0.5, 0.6) is 5.75 Å². The van der Waals surface area contributed by atoms with Gasteiger partial charge in [0.1, 0.15) is 11.4 Å². The third-order valence-corrected chi connectivity index (χ3v) is 4.44. The summed E-state index contributed by atoms with van der Waals surface area (Å²) < 4.78 is 11.6. The first-order valence-corrected chi connectivity index (χ1v) is 7.51. The standard InChI is InChI=1S/C14H11BrN2O2S/c1-18-10-5-3-2-4-9(10)12-13(17-19-14(12)16)8-6-11(15)20-7-8/h2-7H,16H2,1H3. The minimum atomic E-state index is 0.284. The zero-order valence-electron chi connectivity index (χ0n) is 10.6. The summed E-state index contributed by atoms with van der Waals surface area (Å²) in [5.41, 5.74) is 9.25. The number of benzene rings is 1. The van der Waals surface area contributed by atoms with Crippen molar-refractivity contribution in [3.63, 3.8) is 0 Å². The van der Waals surface area contributed by atoms with Gasteiger partial charge in [0.15, 0.2) is 0 Å². The number of aromatic nitrogens is 1. The Bertz CT molecular complexity index is 751. The van der Waals surface area contributed by atoms with E-state index in [1.165, 1.54) is 0 Å². The van der Waals surface area contributed by atoms with Crippen LogP contribution in [-0.2, 0) is 0 Å². The monoisotopic (exact) mass is 350 g/mol. The molecule has 0 radical (unpaired) electrons. The SMILES string of the molecule is COc1ccccc1-c1c(-c2csc(Br)c2)noc1N. The molecule has 2 heterocycles. The molecule has 6 heteroatoms. The second-order valence-electron chi connectivity index (χ2n) is 4.11. The van der Waals surface area contributed by atoms with Crippen molar-refractivity contribution in [2.24, 2.45) is 0 Å². The largest absolute Gasteiger partial charge is 0.496 e. The highest BCUT2D eigenvalue weighted by Gasteiger charge is 2.20. The van der Waals surface area contributed by atoms with Crippen molar-refractivity contribution in [1.29, 1.82) is 0 Å². The van der Waals surface area contributed by atoms with Crippen LogP contribution in [0.3, 0.4) is 0 Å². The number of para-hydroxylation sites is 1. The lowest BCUT2D eigenvalue weighted by Crippen LogP contribution is -1.91. The Balaban J connectivity index is 2.21. The molecule has 0 spiro atoms. The number of anilines is 1. The van der Waals surface area contributed by atoms with Crippen molar-refractivity contribution in [3.05, 3.63) is 39.5 Å². The summed E-state index contributed by atoms with van der Waals surface area (Å²) in [5, 5.41) is 6.08. The van der Waals surface area contributed by atoms with Gasteiger partial charge in [0.2, 0.25) is 5.88 Å². The summed E-state index contributed by atoms with van der Waals surface area (Å²) in [6, 6.07) is 9.65. The molecule has 0 atom stereocenters. The van der Waals surface area contributed by atoms with E-state index < -0.39 is 0 Å². The van der Waals surface area contributed by atoms with E-state index >= 15 is 0 Å². The normalized spacial score (nSPS) is 10.7. The Labute approximate surface area is 128 Å². The van der Waals surface area contributed by atoms with Gasteiger partial charge < -0.3 is 15.0 Å². The first kappa shape index (κ1) is 13.2. The lowest BCUT2D eigenvalue weighted by Gasteiger charge is -2.07. The summed E-state index contributed by atoms with van der Waals surface area (Å²) in [4.78, 5) is 0.